The molecular formula is C29H23BrIN3O3. The van der Waals surface area contributed by atoms with Gasteiger partial charge in [0, 0.05) is 10.9 Å². The molecular weight excluding hydrogens is 645 g/mol. The molecule has 0 saturated carbocycles. The molecule has 4 aromatic carbocycles. The van der Waals surface area contributed by atoms with E-state index in [1.807, 2.05) is 49.4 Å². The molecule has 0 aliphatic carbocycles. The molecule has 0 amide bonds. The number of fused-ring (bicyclic) bond motifs is 2. The van der Waals surface area contributed by atoms with E-state index in [1.165, 1.54) is 10.1 Å². The molecule has 5 aromatic rings. The Balaban J connectivity index is 1.46. The highest BCUT2D eigenvalue weighted by Gasteiger charge is 2.14. The monoisotopic (exact) mass is 667 g/mol. The van der Waals surface area contributed by atoms with Gasteiger partial charge >= 0.3 is 0 Å². The van der Waals surface area contributed by atoms with E-state index in [-0.39, 0.29) is 5.56 Å². The molecule has 8 heteroatoms. The molecule has 0 saturated heterocycles. The van der Waals surface area contributed by atoms with Crippen LogP contribution in [-0.4, -0.2) is 23.0 Å². The Morgan fingerprint density at radius 1 is 1.05 bits per heavy atom. The summed E-state index contributed by atoms with van der Waals surface area (Å²) in [5, 5.41) is 7.35. The maximum Gasteiger partial charge on any atom is 0.282 e. The van der Waals surface area contributed by atoms with Gasteiger partial charge in [0.15, 0.2) is 11.5 Å². The SMILES string of the molecule is CCc1nc2ccc(Br)cc2c(=O)n1N=Cc1cc(I)c(OCc2cccc3ccccc23)c(OC)c1. The molecule has 37 heavy (non-hydrogen) atoms. The number of rotatable bonds is 7. The second-order valence-electron chi connectivity index (χ2n) is 8.37. The number of ether oxygens (including phenoxy) is 2. The Morgan fingerprint density at radius 3 is 2.68 bits per heavy atom. The highest BCUT2D eigenvalue weighted by molar-refractivity contribution is 14.1. The van der Waals surface area contributed by atoms with E-state index in [9.17, 15) is 4.79 Å². The maximum atomic E-state index is 13.2. The van der Waals surface area contributed by atoms with Crippen molar-refractivity contribution < 1.29 is 9.47 Å². The third kappa shape index (κ3) is 5.26. The van der Waals surface area contributed by atoms with E-state index in [4.69, 9.17) is 9.47 Å². The summed E-state index contributed by atoms with van der Waals surface area (Å²) in [6.45, 7) is 2.36. The molecule has 0 unspecified atom stereocenters. The van der Waals surface area contributed by atoms with Gasteiger partial charge in [-0.15, -0.1) is 0 Å². The van der Waals surface area contributed by atoms with Crippen molar-refractivity contribution in [1.29, 1.82) is 0 Å². The van der Waals surface area contributed by atoms with Crippen LogP contribution in [0.1, 0.15) is 23.9 Å². The van der Waals surface area contributed by atoms with Gasteiger partial charge < -0.3 is 9.47 Å². The Morgan fingerprint density at radius 2 is 1.86 bits per heavy atom. The van der Waals surface area contributed by atoms with Gasteiger partial charge in [0.2, 0.25) is 0 Å². The normalized spacial score (nSPS) is 11.5. The summed E-state index contributed by atoms with van der Waals surface area (Å²) in [6.07, 6.45) is 2.21. The molecule has 6 nitrogen and oxygen atoms in total. The summed E-state index contributed by atoms with van der Waals surface area (Å²) in [6, 6.07) is 23.7. The van der Waals surface area contributed by atoms with Gasteiger partial charge in [-0.2, -0.15) is 9.78 Å². The summed E-state index contributed by atoms with van der Waals surface area (Å²) in [5.74, 6) is 1.85. The zero-order valence-corrected chi connectivity index (χ0v) is 24.0. The van der Waals surface area contributed by atoms with Gasteiger partial charge in [0.05, 0.1) is 27.8 Å². The fourth-order valence-corrected chi connectivity index (χ4v) is 5.33. The highest BCUT2D eigenvalue weighted by Crippen LogP contribution is 2.34. The first-order valence-corrected chi connectivity index (χ1v) is 13.6. The van der Waals surface area contributed by atoms with Crippen LogP contribution in [0.5, 0.6) is 11.5 Å². The molecule has 0 fully saturated rings. The Kier molecular flexibility index (Phi) is 7.57. The van der Waals surface area contributed by atoms with Crippen molar-refractivity contribution in [3.05, 3.63) is 108 Å². The second kappa shape index (κ2) is 11.0. The number of halogens is 2. The highest BCUT2D eigenvalue weighted by atomic mass is 127. The first-order chi connectivity index (χ1) is 18.0. The zero-order valence-electron chi connectivity index (χ0n) is 20.2. The molecule has 0 radical (unpaired) electrons. The van der Waals surface area contributed by atoms with Crippen LogP contribution in [0.3, 0.4) is 0 Å². The summed E-state index contributed by atoms with van der Waals surface area (Å²) >= 11 is 5.66. The maximum absolute atomic E-state index is 13.2. The van der Waals surface area contributed by atoms with Crippen LogP contribution in [0.15, 0.2) is 87.2 Å². The fourth-order valence-electron chi connectivity index (χ4n) is 4.19. The van der Waals surface area contributed by atoms with E-state index >= 15 is 0 Å². The Hall–Kier alpha value is -3.24. The molecule has 1 heterocycles. The zero-order chi connectivity index (χ0) is 25.9. The van der Waals surface area contributed by atoms with Crippen molar-refractivity contribution in [2.75, 3.05) is 7.11 Å². The van der Waals surface area contributed by atoms with Crippen molar-refractivity contribution in [2.45, 2.75) is 20.0 Å². The number of aromatic nitrogens is 2. The third-order valence-electron chi connectivity index (χ3n) is 6.02. The number of aryl methyl sites for hydroxylation is 1. The van der Waals surface area contributed by atoms with Gasteiger partial charge in [-0.3, -0.25) is 4.79 Å². The summed E-state index contributed by atoms with van der Waals surface area (Å²) in [5.41, 5.74) is 2.32. The molecule has 0 spiro atoms. The van der Waals surface area contributed by atoms with Gasteiger partial charge in [0.1, 0.15) is 12.4 Å². The lowest BCUT2D eigenvalue weighted by Crippen LogP contribution is -2.22. The van der Waals surface area contributed by atoms with Crippen LogP contribution < -0.4 is 15.0 Å². The number of hydrogen-bond donors (Lipinski definition) is 0. The standard InChI is InChI=1S/C29H23BrIN3O3/c1-3-27-33-25-12-11-21(30)15-23(25)29(35)34(27)32-16-18-13-24(31)28(26(14-18)36-2)37-17-20-9-6-8-19-7-4-5-10-22(19)20/h4-16H,3,17H2,1-2H3. The summed E-state index contributed by atoms with van der Waals surface area (Å²) in [7, 11) is 1.61. The van der Waals surface area contributed by atoms with Crippen LogP contribution >= 0.6 is 38.5 Å². The minimum Gasteiger partial charge on any atom is -0.493 e. The minimum absolute atomic E-state index is 0.212. The van der Waals surface area contributed by atoms with Crippen LogP contribution in [0.4, 0.5) is 0 Å². The molecule has 0 N–H and O–H groups in total. The van der Waals surface area contributed by atoms with Crippen molar-refractivity contribution >= 4 is 66.4 Å². The lowest BCUT2D eigenvalue weighted by molar-refractivity contribution is 0.283. The van der Waals surface area contributed by atoms with E-state index in [2.05, 4.69) is 72.9 Å². The number of methoxy groups -OCH3 is 1. The third-order valence-corrected chi connectivity index (χ3v) is 7.31. The Labute approximate surface area is 236 Å². The van der Waals surface area contributed by atoms with E-state index in [0.717, 1.165) is 24.6 Å². The first-order valence-electron chi connectivity index (χ1n) is 11.7. The van der Waals surface area contributed by atoms with Gasteiger partial charge in [0.25, 0.3) is 5.56 Å². The lowest BCUT2D eigenvalue weighted by atomic mass is 10.1. The summed E-state index contributed by atoms with van der Waals surface area (Å²) in [4.78, 5) is 17.8. The minimum atomic E-state index is -0.212. The van der Waals surface area contributed by atoms with Crippen molar-refractivity contribution in [3.63, 3.8) is 0 Å². The van der Waals surface area contributed by atoms with Gasteiger partial charge in [-0.25, -0.2) is 4.98 Å². The smallest absolute Gasteiger partial charge is 0.282 e. The Bertz CT molecular complexity index is 1710. The number of benzene rings is 4. The second-order valence-corrected chi connectivity index (χ2v) is 10.4. The molecule has 5 rings (SSSR count). The van der Waals surface area contributed by atoms with Crippen LogP contribution in [0.25, 0.3) is 21.7 Å². The van der Waals surface area contributed by atoms with Crippen molar-refractivity contribution in [3.8, 4) is 11.5 Å². The van der Waals surface area contributed by atoms with Crippen molar-refractivity contribution in [2.24, 2.45) is 5.10 Å². The average Bonchev–Trinajstić information content (AvgIpc) is 2.91. The average molecular weight is 668 g/mol. The largest absolute Gasteiger partial charge is 0.493 e. The molecule has 0 aliphatic heterocycles. The van der Waals surface area contributed by atoms with Crippen LogP contribution in [0, 0.1) is 3.57 Å². The quantitative estimate of drug-likeness (QED) is 0.139. The number of hydrogen-bond acceptors (Lipinski definition) is 5. The first kappa shape index (κ1) is 25.4. The van der Waals surface area contributed by atoms with Gasteiger partial charge in [-0.1, -0.05) is 65.3 Å². The molecule has 1 aromatic heterocycles. The van der Waals surface area contributed by atoms with E-state index in [0.29, 0.717) is 41.3 Å². The predicted molar refractivity (Wildman–Crippen MR) is 160 cm³/mol. The van der Waals surface area contributed by atoms with E-state index in [1.54, 1.807) is 19.4 Å². The lowest BCUT2D eigenvalue weighted by Gasteiger charge is -2.15. The molecule has 0 atom stereocenters. The molecule has 186 valence electrons. The fraction of sp³-hybridized carbons (Fsp3) is 0.138. The van der Waals surface area contributed by atoms with E-state index < -0.39 is 0 Å². The number of nitrogens with zero attached hydrogens (tertiary/aromatic N) is 3. The molecule has 0 bridgehead atoms. The molecule has 0 aliphatic rings. The van der Waals surface area contributed by atoms with Crippen LogP contribution in [-0.2, 0) is 13.0 Å². The predicted octanol–water partition coefficient (Wildman–Crippen LogP) is 6.95. The summed E-state index contributed by atoms with van der Waals surface area (Å²) < 4.78 is 14.9. The van der Waals surface area contributed by atoms with Gasteiger partial charge in [-0.05, 0) is 74.8 Å². The topological polar surface area (TPSA) is 65.7 Å². The van der Waals surface area contributed by atoms with Crippen LogP contribution in [0.2, 0.25) is 0 Å². The van der Waals surface area contributed by atoms with Crippen molar-refractivity contribution in [1.82, 2.24) is 9.66 Å².